The molecular weight excluding hydrogens is 374 g/mol. The fraction of sp³-hybridized carbons (Fsp3) is 0.476. The van der Waals surface area contributed by atoms with Gasteiger partial charge in [0.1, 0.15) is 10.6 Å². The van der Waals surface area contributed by atoms with Crippen LogP contribution in [0.4, 0.5) is 5.69 Å². The van der Waals surface area contributed by atoms with Crippen LogP contribution in [0.2, 0.25) is 0 Å². The number of fused-ring (bicyclic) bond motifs is 1. The monoisotopic (exact) mass is 401 g/mol. The second kappa shape index (κ2) is 7.72. The molecule has 1 amide bonds. The van der Waals surface area contributed by atoms with Crippen LogP contribution >= 0.6 is 0 Å². The third-order valence-electron chi connectivity index (χ3n) is 5.81. The Morgan fingerprint density at radius 3 is 2.57 bits per heavy atom. The van der Waals surface area contributed by atoms with Crippen LogP contribution in [0.25, 0.3) is 0 Å². The molecule has 0 bridgehead atoms. The van der Waals surface area contributed by atoms with E-state index in [1.54, 1.807) is 17.8 Å². The standard InChI is InChI=1S/C21H27N3O3S/c1-23-15-17(28(26,27)24-12-5-2-6-13-24)14-20(23)21(25)22-19-11-7-9-16-8-3-4-10-18(16)19/h7,9,11,14-15H,2-6,8,10,12-13H2,1H3,(H,22,25). The molecule has 2 heterocycles. The lowest BCUT2D eigenvalue weighted by Crippen LogP contribution is -2.35. The largest absolute Gasteiger partial charge is 0.345 e. The molecule has 0 saturated carbocycles. The van der Waals surface area contributed by atoms with Crippen LogP contribution in [0.5, 0.6) is 0 Å². The first kappa shape index (κ1) is 19.2. The van der Waals surface area contributed by atoms with Gasteiger partial charge in [-0.1, -0.05) is 18.6 Å². The van der Waals surface area contributed by atoms with E-state index in [0.29, 0.717) is 18.8 Å². The molecule has 4 rings (SSSR count). The molecule has 1 aromatic heterocycles. The zero-order chi connectivity index (χ0) is 19.7. The smallest absolute Gasteiger partial charge is 0.272 e. The Labute approximate surface area is 166 Å². The number of carbonyl (C=O) groups is 1. The normalized spacial score (nSPS) is 17.9. The average molecular weight is 402 g/mol. The van der Waals surface area contributed by atoms with E-state index >= 15 is 0 Å². The molecule has 28 heavy (non-hydrogen) atoms. The van der Waals surface area contributed by atoms with Crippen molar-refractivity contribution in [1.29, 1.82) is 0 Å². The Kier molecular flexibility index (Phi) is 5.29. The van der Waals surface area contributed by atoms with E-state index in [-0.39, 0.29) is 10.8 Å². The zero-order valence-corrected chi connectivity index (χ0v) is 17.1. The number of sulfonamides is 1. The van der Waals surface area contributed by atoms with E-state index in [1.807, 2.05) is 12.1 Å². The van der Waals surface area contributed by atoms with Crippen LogP contribution in [-0.4, -0.2) is 36.3 Å². The van der Waals surface area contributed by atoms with Gasteiger partial charge in [-0.3, -0.25) is 4.79 Å². The molecule has 0 unspecified atom stereocenters. The number of piperidine rings is 1. The SMILES string of the molecule is Cn1cc(S(=O)(=O)N2CCCCC2)cc1C(=O)Nc1cccc2c1CCCC2. The van der Waals surface area contributed by atoms with E-state index < -0.39 is 10.0 Å². The minimum absolute atomic E-state index is 0.192. The number of anilines is 1. The lowest BCUT2D eigenvalue weighted by Gasteiger charge is -2.25. The molecule has 6 nitrogen and oxygen atoms in total. The first-order valence-electron chi connectivity index (χ1n) is 10.1. The van der Waals surface area contributed by atoms with Gasteiger partial charge in [-0.15, -0.1) is 0 Å². The number of benzene rings is 1. The van der Waals surface area contributed by atoms with Crippen LogP contribution in [0, 0.1) is 0 Å². The topological polar surface area (TPSA) is 71.4 Å². The number of aromatic nitrogens is 1. The predicted molar refractivity (Wildman–Crippen MR) is 109 cm³/mol. The molecular formula is C21H27N3O3S. The fourth-order valence-corrected chi connectivity index (χ4v) is 5.83. The van der Waals surface area contributed by atoms with Crippen molar-refractivity contribution in [3.63, 3.8) is 0 Å². The third-order valence-corrected chi connectivity index (χ3v) is 7.67. The summed E-state index contributed by atoms with van der Waals surface area (Å²) in [5, 5.41) is 3.00. The van der Waals surface area contributed by atoms with E-state index in [9.17, 15) is 13.2 Å². The number of nitrogens with one attached hydrogen (secondary N) is 1. The maximum absolute atomic E-state index is 12.9. The van der Waals surface area contributed by atoms with Crippen molar-refractivity contribution in [3.05, 3.63) is 47.3 Å². The van der Waals surface area contributed by atoms with Crippen LogP contribution in [-0.2, 0) is 29.9 Å². The summed E-state index contributed by atoms with van der Waals surface area (Å²) in [6.07, 6.45) is 8.70. The molecule has 1 N–H and O–H groups in total. The zero-order valence-electron chi connectivity index (χ0n) is 16.3. The molecule has 7 heteroatoms. The van der Waals surface area contributed by atoms with Gasteiger partial charge in [0.05, 0.1) is 0 Å². The number of carbonyl (C=O) groups excluding carboxylic acids is 1. The van der Waals surface area contributed by atoms with Gasteiger partial charge in [0.15, 0.2) is 0 Å². The molecule has 1 aromatic carbocycles. The molecule has 1 fully saturated rings. The van der Waals surface area contributed by atoms with Crippen LogP contribution in [0.1, 0.15) is 53.7 Å². The van der Waals surface area contributed by atoms with Crippen LogP contribution in [0.15, 0.2) is 35.4 Å². The molecule has 0 radical (unpaired) electrons. The number of aryl methyl sites for hydroxylation is 2. The highest BCUT2D eigenvalue weighted by molar-refractivity contribution is 7.89. The Morgan fingerprint density at radius 1 is 1.04 bits per heavy atom. The summed E-state index contributed by atoms with van der Waals surface area (Å²) in [6.45, 7) is 1.10. The van der Waals surface area contributed by atoms with Gasteiger partial charge in [0.25, 0.3) is 5.91 Å². The Bertz CT molecular complexity index is 988. The van der Waals surface area contributed by atoms with Crippen LogP contribution in [0.3, 0.4) is 0 Å². The highest BCUT2D eigenvalue weighted by Gasteiger charge is 2.28. The molecule has 1 aliphatic carbocycles. The number of amides is 1. The Morgan fingerprint density at radius 2 is 1.79 bits per heavy atom. The maximum atomic E-state index is 12.9. The summed E-state index contributed by atoms with van der Waals surface area (Å²) in [4.78, 5) is 13.1. The first-order valence-corrected chi connectivity index (χ1v) is 11.5. The van der Waals surface area contributed by atoms with Crippen molar-refractivity contribution in [2.75, 3.05) is 18.4 Å². The second-order valence-corrected chi connectivity index (χ2v) is 9.68. The highest BCUT2D eigenvalue weighted by Crippen LogP contribution is 2.29. The molecule has 2 aromatic rings. The van der Waals surface area contributed by atoms with Gasteiger partial charge >= 0.3 is 0 Å². The maximum Gasteiger partial charge on any atom is 0.272 e. The fourth-order valence-electron chi connectivity index (χ4n) is 4.24. The van der Waals surface area contributed by atoms with E-state index in [1.165, 1.54) is 27.9 Å². The van der Waals surface area contributed by atoms with E-state index in [2.05, 4.69) is 11.4 Å². The van der Waals surface area contributed by atoms with Crippen molar-refractivity contribution >= 4 is 21.6 Å². The van der Waals surface area contributed by atoms with Crippen molar-refractivity contribution in [2.24, 2.45) is 7.05 Å². The highest BCUT2D eigenvalue weighted by atomic mass is 32.2. The van der Waals surface area contributed by atoms with Gasteiger partial charge in [-0.25, -0.2) is 8.42 Å². The van der Waals surface area contributed by atoms with Crippen molar-refractivity contribution < 1.29 is 13.2 Å². The van der Waals surface area contributed by atoms with Crippen LogP contribution < -0.4 is 5.32 Å². The molecule has 2 aliphatic rings. The Balaban J connectivity index is 1.58. The van der Waals surface area contributed by atoms with Crippen molar-refractivity contribution in [2.45, 2.75) is 49.8 Å². The predicted octanol–water partition coefficient (Wildman–Crippen LogP) is 3.33. The lowest BCUT2D eigenvalue weighted by atomic mass is 9.90. The number of nitrogens with zero attached hydrogens (tertiary/aromatic N) is 2. The second-order valence-electron chi connectivity index (χ2n) is 7.74. The summed E-state index contributed by atoms with van der Waals surface area (Å²) in [5.41, 5.74) is 3.69. The minimum atomic E-state index is -3.55. The van der Waals surface area contributed by atoms with Gasteiger partial charge < -0.3 is 9.88 Å². The molecule has 0 atom stereocenters. The van der Waals surface area contributed by atoms with Crippen molar-refractivity contribution in [1.82, 2.24) is 8.87 Å². The lowest BCUT2D eigenvalue weighted by molar-refractivity contribution is 0.101. The quantitative estimate of drug-likeness (QED) is 0.854. The number of hydrogen-bond acceptors (Lipinski definition) is 3. The Hall–Kier alpha value is -2.12. The molecule has 150 valence electrons. The summed E-state index contributed by atoms with van der Waals surface area (Å²) in [6, 6.07) is 7.51. The van der Waals surface area contributed by atoms with Gasteiger partial charge in [0.2, 0.25) is 10.0 Å². The molecule has 1 aliphatic heterocycles. The summed E-state index contributed by atoms with van der Waals surface area (Å²) >= 11 is 0. The molecule has 1 saturated heterocycles. The first-order chi connectivity index (χ1) is 13.5. The van der Waals surface area contributed by atoms with Gasteiger partial charge in [-0.2, -0.15) is 4.31 Å². The van der Waals surface area contributed by atoms with Crippen molar-refractivity contribution in [3.8, 4) is 0 Å². The summed E-state index contributed by atoms with van der Waals surface area (Å²) in [7, 11) is -1.84. The minimum Gasteiger partial charge on any atom is -0.345 e. The van der Waals surface area contributed by atoms with E-state index in [0.717, 1.165) is 44.2 Å². The molecule has 0 spiro atoms. The summed E-state index contributed by atoms with van der Waals surface area (Å²) < 4.78 is 28.9. The number of rotatable bonds is 4. The van der Waals surface area contributed by atoms with E-state index in [4.69, 9.17) is 0 Å². The number of hydrogen-bond donors (Lipinski definition) is 1. The summed E-state index contributed by atoms with van der Waals surface area (Å²) in [5.74, 6) is -0.276. The third kappa shape index (κ3) is 3.61. The average Bonchev–Trinajstić information content (AvgIpc) is 3.11. The van der Waals surface area contributed by atoms with Gasteiger partial charge in [-0.05, 0) is 61.8 Å². The van der Waals surface area contributed by atoms with Gasteiger partial charge in [0, 0.05) is 32.0 Å².